The normalized spacial score (nSPS) is 12.0. The molecule has 71 heavy (non-hydrogen) atoms. The molecule has 0 fully saturated rings. The third kappa shape index (κ3) is 6.41. The first kappa shape index (κ1) is 41.3. The molecule has 5 heterocycles. The Labute approximate surface area is 417 Å². The Hall–Kier alpha value is -8.71. The second kappa shape index (κ2) is 15.7. The molecule has 0 saturated heterocycles. The summed E-state index contributed by atoms with van der Waals surface area (Å²) in [5, 5.41) is 11.3. The van der Waals surface area contributed by atoms with E-state index < -0.39 is 11.6 Å². The van der Waals surface area contributed by atoms with Gasteiger partial charge in [0.15, 0.2) is 0 Å². The number of nitrogens with zero attached hydrogens (tertiary/aromatic N) is 6. The van der Waals surface area contributed by atoms with Gasteiger partial charge in [-0.15, -0.1) is 0 Å². The third-order valence-corrected chi connectivity index (χ3v) is 14.0. The van der Waals surface area contributed by atoms with Crippen molar-refractivity contribution in [2.45, 2.75) is 0 Å². The second-order valence-corrected chi connectivity index (χ2v) is 18.1. The number of hydrogen-bond acceptors (Lipinski definition) is 4. The van der Waals surface area contributed by atoms with Crippen LogP contribution in [0.3, 0.4) is 0 Å². The van der Waals surface area contributed by atoms with Gasteiger partial charge in [0.05, 0.1) is 23.0 Å². The molecule has 9 heteroatoms. The van der Waals surface area contributed by atoms with Crippen LogP contribution in [0.15, 0.2) is 194 Å². The van der Waals surface area contributed by atoms with Crippen LogP contribution in [0, 0.1) is 11.6 Å². The molecule has 2 aliphatic heterocycles. The van der Waals surface area contributed by atoms with E-state index in [1.54, 1.807) is 24.3 Å². The monoisotopic (exact) mass is 1090 g/mol. The Balaban J connectivity index is 0.00000470. The summed E-state index contributed by atoms with van der Waals surface area (Å²) < 4.78 is 31.7. The Bertz CT molecular complexity index is 4360. The predicted octanol–water partition coefficient (Wildman–Crippen LogP) is 15.6. The molecule has 6 nitrogen and oxygen atoms in total. The van der Waals surface area contributed by atoms with Gasteiger partial charge in [0.1, 0.15) is 11.6 Å². The van der Waals surface area contributed by atoms with E-state index in [2.05, 4.69) is 97.1 Å². The minimum atomic E-state index is -0.403. The molecule has 10 aromatic carbocycles. The van der Waals surface area contributed by atoms with Crippen LogP contribution in [0.5, 0.6) is 0 Å². The number of fused-ring (bicyclic) bond motifs is 24. The molecule has 0 aliphatic carbocycles. The van der Waals surface area contributed by atoms with E-state index in [-0.39, 0.29) is 21.1 Å². The molecule has 0 spiro atoms. The van der Waals surface area contributed by atoms with Gasteiger partial charge >= 0.3 is 21.1 Å². The molecule has 3 aromatic heterocycles. The maximum Gasteiger partial charge on any atom is 2.00 e. The zero-order valence-electron chi connectivity index (χ0n) is 37.2. The van der Waals surface area contributed by atoms with Gasteiger partial charge in [-0.3, -0.25) is 4.98 Å². The standard InChI is InChI=1S/C62H32F2N6.Pt/c63-43-21-9-19-41(23-43)53-55-45-25-33-11-1-2-12-34(33)26-46(45)56(65-55)54(42-20-10-22-44(64)24-42)58-48-28-36-14-4-6-16-38(36)30-50(48)60(67-58)69-62-52-32-40-18-8-7-17-39(40)31-51(52)61(70-62)68-59-49-29-37-15-5-3-13-35(37)27-47(49)57(53)66-59;/h1-32H;/q-2;+2. The molecule has 334 valence electrons. The maximum atomic E-state index is 15.9. The average Bonchev–Trinajstić information content (AvgIpc) is 4.12. The number of hydrogen-bond donors (Lipinski definition) is 0. The van der Waals surface area contributed by atoms with E-state index in [1.165, 1.54) is 12.1 Å². The van der Waals surface area contributed by atoms with Crippen molar-refractivity contribution in [2.24, 2.45) is 0 Å². The van der Waals surface area contributed by atoms with Gasteiger partial charge in [-0.2, -0.15) is 0 Å². The van der Waals surface area contributed by atoms with Crippen molar-refractivity contribution in [3.05, 3.63) is 206 Å². The summed E-state index contributed by atoms with van der Waals surface area (Å²) in [5.74, 6) is 0.106. The second-order valence-electron chi connectivity index (χ2n) is 18.1. The molecule has 0 atom stereocenters. The maximum absolute atomic E-state index is 15.9. The fourth-order valence-corrected chi connectivity index (χ4v) is 10.8. The topological polar surface area (TPSA) is 79.8 Å². The third-order valence-electron chi connectivity index (χ3n) is 14.0. The van der Waals surface area contributed by atoms with Crippen LogP contribution in [0.2, 0.25) is 0 Å². The van der Waals surface area contributed by atoms with Gasteiger partial charge < -0.3 is 19.9 Å². The summed E-state index contributed by atoms with van der Waals surface area (Å²) in [4.78, 5) is 32.8. The first-order chi connectivity index (χ1) is 34.5. The number of aromatic nitrogens is 6. The van der Waals surface area contributed by atoms with Gasteiger partial charge in [-0.1, -0.05) is 121 Å². The zero-order chi connectivity index (χ0) is 46.2. The number of benzene rings is 10. The average molecular weight is 1090 g/mol. The Morgan fingerprint density at radius 3 is 1.01 bits per heavy atom. The van der Waals surface area contributed by atoms with Gasteiger partial charge in [-0.05, 0) is 171 Å². The molecule has 15 rings (SSSR count). The van der Waals surface area contributed by atoms with Crippen molar-refractivity contribution >= 4 is 87.0 Å². The van der Waals surface area contributed by atoms with E-state index in [4.69, 9.17) is 29.9 Å². The number of halogens is 2. The van der Waals surface area contributed by atoms with Crippen molar-refractivity contribution in [3.8, 4) is 67.5 Å². The van der Waals surface area contributed by atoms with Crippen molar-refractivity contribution in [3.63, 3.8) is 0 Å². The fraction of sp³-hybridized carbons (Fsp3) is 0. The minimum Gasteiger partial charge on any atom is -0.435 e. The van der Waals surface area contributed by atoms with Gasteiger partial charge in [0.25, 0.3) is 0 Å². The first-order valence-electron chi connectivity index (χ1n) is 23.1. The molecule has 13 aromatic rings. The van der Waals surface area contributed by atoms with E-state index in [0.29, 0.717) is 67.6 Å². The Morgan fingerprint density at radius 1 is 0.310 bits per heavy atom. The van der Waals surface area contributed by atoms with Crippen LogP contribution in [0.25, 0.3) is 155 Å². The zero-order valence-corrected chi connectivity index (χ0v) is 39.5. The van der Waals surface area contributed by atoms with E-state index in [1.807, 2.05) is 60.7 Å². The van der Waals surface area contributed by atoms with Gasteiger partial charge in [-0.25, -0.2) is 13.8 Å². The molecular formula is C62H32F2N6Pt. The van der Waals surface area contributed by atoms with Crippen molar-refractivity contribution in [1.82, 2.24) is 29.9 Å². The predicted molar refractivity (Wildman–Crippen MR) is 279 cm³/mol. The summed E-state index contributed by atoms with van der Waals surface area (Å²) >= 11 is 0. The molecular weight excluding hydrogens is 1060 g/mol. The fourth-order valence-electron chi connectivity index (χ4n) is 10.8. The molecule has 2 aliphatic rings. The summed E-state index contributed by atoms with van der Waals surface area (Å²) in [7, 11) is 0. The van der Waals surface area contributed by atoms with Gasteiger partial charge in [0.2, 0.25) is 0 Å². The van der Waals surface area contributed by atoms with Crippen LogP contribution in [0.4, 0.5) is 8.78 Å². The van der Waals surface area contributed by atoms with Crippen molar-refractivity contribution in [1.29, 1.82) is 0 Å². The van der Waals surface area contributed by atoms with Crippen LogP contribution in [-0.4, -0.2) is 19.9 Å². The smallest absolute Gasteiger partial charge is 0.435 e. The van der Waals surface area contributed by atoms with Crippen LogP contribution in [0.1, 0.15) is 0 Å². The summed E-state index contributed by atoms with van der Waals surface area (Å²) in [6.07, 6.45) is 0. The summed E-state index contributed by atoms with van der Waals surface area (Å²) in [6.45, 7) is 0. The first-order valence-corrected chi connectivity index (χ1v) is 23.1. The quantitative estimate of drug-likeness (QED) is 0.172. The molecule has 8 bridgehead atoms. The summed E-state index contributed by atoms with van der Waals surface area (Å²) in [5.41, 5.74) is 8.89. The van der Waals surface area contributed by atoms with Crippen molar-refractivity contribution in [2.75, 3.05) is 0 Å². The number of rotatable bonds is 2. The molecule has 0 amide bonds. The van der Waals surface area contributed by atoms with Crippen molar-refractivity contribution < 1.29 is 29.8 Å². The molecule has 0 unspecified atom stereocenters. The van der Waals surface area contributed by atoms with E-state index in [9.17, 15) is 0 Å². The largest absolute Gasteiger partial charge is 2.00 e. The van der Waals surface area contributed by atoms with E-state index in [0.717, 1.165) is 86.9 Å². The Morgan fingerprint density at radius 2 is 0.648 bits per heavy atom. The SMILES string of the molecule is Fc1cccc(-c2c3nc(c(-c4cccc(F)c4)c4[n-]c(nc5nc(nc6[n-]c2c2cc7ccccc7cc62)-c2cc6ccccc6cc2-5)c2cc5ccccc5cc42)-c2cc4ccccc4cc2-3)c1.[Pt+2]. The summed E-state index contributed by atoms with van der Waals surface area (Å²) in [6, 6.07) is 63.1. The minimum absolute atomic E-state index is 0. The van der Waals surface area contributed by atoms with E-state index >= 15 is 8.78 Å². The molecule has 0 radical (unpaired) electrons. The van der Waals surface area contributed by atoms with Crippen LogP contribution >= 0.6 is 0 Å². The Kier molecular flexibility index (Phi) is 9.10. The van der Waals surface area contributed by atoms with Gasteiger partial charge in [0, 0.05) is 33.4 Å². The van der Waals surface area contributed by atoms with Crippen LogP contribution < -0.4 is 9.97 Å². The van der Waals surface area contributed by atoms with Crippen LogP contribution in [-0.2, 0) is 21.1 Å². The molecule has 0 N–H and O–H groups in total. The molecule has 0 saturated carbocycles.